The number of pyridine rings is 1. The van der Waals surface area contributed by atoms with Gasteiger partial charge < -0.3 is 15.0 Å². The second-order valence-corrected chi connectivity index (χ2v) is 6.65. The summed E-state index contributed by atoms with van der Waals surface area (Å²) in [6, 6.07) is 13.4. The van der Waals surface area contributed by atoms with Crippen LogP contribution in [0.5, 0.6) is 0 Å². The van der Waals surface area contributed by atoms with Crippen LogP contribution in [0, 0.1) is 5.92 Å². The molecule has 0 spiro atoms. The SMILES string of the molecule is COCCNC(=O)C1CCN(C(=O)c2ccnc(-c3ccccc3)c2)CC1. The van der Waals surface area contributed by atoms with Gasteiger partial charge in [-0.3, -0.25) is 14.6 Å². The third kappa shape index (κ3) is 4.92. The molecule has 0 radical (unpaired) electrons. The first-order valence-corrected chi connectivity index (χ1v) is 9.26. The lowest BCUT2D eigenvalue weighted by Gasteiger charge is -2.31. The molecule has 1 fully saturated rings. The van der Waals surface area contributed by atoms with Crippen LogP contribution >= 0.6 is 0 Å². The van der Waals surface area contributed by atoms with Gasteiger partial charge in [0.1, 0.15) is 0 Å². The second-order valence-electron chi connectivity index (χ2n) is 6.65. The molecule has 2 aromatic rings. The summed E-state index contributed by atoms with van der Waals surface area (Å²) >= 11 is 0. The molecule has 1 aliphatic rings. The van der Waals surface area contributed by atoms with E-state index in [1.165, 1.54) is 0 Å². The van der Waals surface area contributed by atoms with Gasteiger partial charge in [-0.25, -0.2) is 0 Å². The van der Waals surface area contributed by atoms with Gasteiger partial charge in [0.15, 0.2) is 0 Å². The smallest absolute Gasteiger partial charge is 0.253 e. The van der Waals surface area contributed by atoms with Crippen LogP contribution in [0.3, 0.4) is 0 Å². The molecular formula is C21H25N3O3. The molecule has 2 amide bonds. The molecule has 6 heteroatoms. The summed E-state index contributed by atoms with van der Waals surface area (Å²) in [7, 11) is 1.61. The van der Waals surface area contributed by atoms with Gasteiger partial charge in [0.25, 0.3) is 5.91 Å². The lowest BCUT2D eigenvalue weighted by Crippen LogP contribution is -2.43. The standard InChI is InChI=1S/C21H25N3O3/c1-27-14-11-23-20(25)17-8-12-24(13-9-17)21(26)18-7-10-22-19(15-18)16-5-3-2-4-6-16/h2-7,10,15,17H,8-9,11-14H2,1H3,(H,23,25). The maximum atomic E-state index is 12.9. The first-order valence-electron chi connectivity index (χ1n) is 9.26. The van der Waals surface area contributed by atoms with Crippen molar-refractivity contribution in [2.75, 3.05) is 33.4 Å². The number of aromatic nitrogens is 1. The fourth-order valence-corrected chi connectivity index (χ4v) is 3.28. The van der Waals surface area contributed by atoms with Crippen molar-refractivity contribution < 1.29 is 14.3 Å². The molecule has 0 atom stereocenters. The Hall–Kier alpha value is -2.73. The van der Waals surface area contributed by atoms with Crippen molar-refractivity contribution >= 4 is 11.8 Å². The molecule has 27 heavy (non-hydrogen) atoms. The van der Waals surface area contributed by atoms with Crippen LogP contribution < -0.4 is 5.32 Å². The molecule has 0 unspecified atom stereocenters. The summed E-state index contributed by atoms with van der Waals surface area (Å²) < 4.78 is 4.95. The number of rotatable bonds is 6. The minimum atomic E-state index is -0.0387. The third-order valence-corrected chi connectivity index (χ3v) is 4.83. The van der Waals surface area contributed by atoms with Crippen LogP contribution in [-0.2, 0) is 9.53 Å². The number of piperidine rings is 1. The zero-order valence-electron chi connectivity index (χ0n) is 15.6. The molecule has 1 N–H and O–H groups in total. The number of nitrogens with one attached hydrogen (secondary N) is 1. The molecule has 142 valence electrons. The minimum absolute atomic E-state index is 0.00665. The predicted octanol–water partition coefficient (Wildman–Crippen LogP) is 2.36. The number of benzene rings is 1. The Morgan fingerprint density at radius 2 is 1.93 bits per heavy atom. The second kappa shape index (κ2) is 9.28. The summed E-state index contributed by atoms with van der Waals surface area (Å²) in [6.07, 6.45) is 3.04. The van der Waals surface area contributed by atoms with E-state index in [9.17, 15) is 9.59 Å². The highest BCUT2D eigenvalue weighted by molar-refractivity contribution is 5.95. The Morgan fingerprint density at radius 1 is 1.19 bits per heavy atom. The zero-order valence-corrected chi connectivity index (χ0v) is 15.6. The monoisotopic (exact) mass is 367 g/mol. The van der Waals surface area contributed by atoms with Gasteiger partial charge in [-0.1, -0.05) is 30.3 Å². The number of nitrogens with zero attached hydrogens (tertiary/aromatic N) is 2. The van der Waals surface area contributed by atoms with E-state index in [0.29, 0.717) is 44.6 Å². The highest BCUT2D eigenvalue weighted by Gasteiger charge is 2.27. The highest BCUT2D eigenvalue weighted by atomic mass is 16.5. The molecule has 1 saturated heterocycles. The van der Waals surface area contributed by atoms with E-state index in [0.717, 1.165) is 11.3 Å². The van der Waals surface area contributed by atoms with Crippen molar-refractivity contribution in [2.24, 2.45) is 5.92 Å². The van der Waals surface area contributed by atoms with Crippen LogP contribution in [-0.4, -0.2) is 55.0 Å². The number of amides is 2. The van der Waals surface area contributed by atoms with Crippen LogP contribution in [0.15, 0.2) is 48.7 Å². The third-order valence-electron chi connectivity index (χ3n) is 4.83. The maximum Gasteiger partial charge on any atom is 0.253 e. The summed E-state index contributed by atoms with van der Waals surface area (Å²) in [6.45, 7) is 2.21. The normalized spacial score (nSPS) is 14.8. The molecular weight excluding hydrogens is 342 g/mol. The van der Waals surface area contributed by atoms with E-state index in [1.54, 1.807) is 19.4 Å². The van der Waals surface area contributed by atoms with Gasteiger partial charge in [-0.15, -0.1) is 0 Å². The van der Waals surface area contributed by atoms with Crippen LogP contribution in [0.1, 0.15) is 23.2 Å². The number of hydrogen-bond acceptors (Lipinski definition) is 4. The molecule has 0 aliphatic carbocycles. The Morgan fingerprint density at radius 3 is 2.63 bits per heavy atom. The predicted molar refractivity (Wildman–Crippen MR) is 103 cm³/mol. The zero-order chi connectivity index (χ0) is 19.1. The van der Waals surface area contributed by atoms with Gasteiger partial charge in [-0.05, 0) is 25.0 Å². The topological polar surface area (TPSA) is 71.5 Å². The molecule has 1 aromatic carbocycles. The maximum absolute atomic E-state index is 12.9. The van der Waals surface area contributed by atoms with E-state index in [2.05, 4.69) is 10.3 Å². The number of likely N-dealkylation sites (tertiary alicyclic amines) is 1. The van der Waals surface area contributed by atoms with E-state index in [1.807, 2.05) is 41.3 Å². The van der Waals surface area contributed by atoms with Gasteiger partial charge in [0, 0.05) is 50.0 Å². The van der Waals surface area contributed by atoms with Gasteiger partial charge >= 0.3 is 0 Å². The Balaban J connectivity index is 1.59. The molecule has 1 aromatic heterocycles. The molecule has 0 bridgehead atoms. The highest BCUT2D eigenvalue weighted by Crippen LogP contribution is 2.21. The van der Waals surface area contributed by atoms with Crippen molar-refractivity contribution in [3.8, 4) is 11.3 Å². The van der Waals surface area contributed by atoms with Crippen molar-refractivity contribution in [1.29, 1.82) is 0 Å². The van der Waals surface area contributed by atoms with Gasteiger partial charge in [0.2, 0.25) is 5.91 Å². The molecule has 1 aliphatic heterocycles. The molecule has 3 rings (SSSR count). The van der Waals surface area contributed by atoms with Crippen molar-refractivity contribution in [2.45, 2.75) is 12.8 Å². The van der Waals surface area contributed by atoms with Crippen LogP contribution in [0.2, 0.25) is 0 Å². The molecule has 2 heterocycles. The van der Waals surface area contributed by atoms with Crippen LogP contribution in [0.4, 0.5) is 0 Å². The molecule has 0 saturated carbocycles. The minimum Gasteiger partial charge on any atom is -0.383 e. The summed E-state index contributed by atoms with van der Waals surface area (Å²) in [4.78, 5) is 31.2. The lowest BCUT2D eigenvalue weighted by atomic mass is 9.95. The summed E-state index contributed by atoms with van der Waals surface area (Å²) in [5, 5.41) is 2.88. The van der Waals surface area contributed by atoms with Crippen LogP contribution in [0.25, 0.3) is 11.3 Å². The Kier molecular flexibility index (Phi) is 6.54. The Bertz CT molecular complexity index is 771. The van der Waals surface area contributed by atoms with Crippen molar-refractivity contribution in [3.05, 3.63) is 54.2 Å². The first-order chi connectivity index (χ1) is 13.2. The number of methoxy groups -OCH3 is 1. The largest absolute Gasteiger partial charge is 0.383 e. The van der Waals surface area contributed by atoms with E-state index >= 15 is 0 Å². The van der Waals surface area contributed by atoms with Gasteiger partial charge in [-0.2, -0.15) is 0 Å². The fraction of sp³-hybridized carbons (Fsp3) is 0.381. The summed E-state index contributed by atoms with van der Waals surface area (Å²) in [5.74, 6) is 0.00507. The first kappa shape index (κ1) is 19.0. The van der Waals surface area contributed by atoms with Crippen molar-refractivity contribution in [3.63, 3.8) is 0 Å². The number of ether oxygens (including phenoxy) is 1. The van der Waals surface area contributed by atoms with Gasteiger partial charge in [0.05, 0.1) is 12.3 Å². The average molecular weight is 367 g/mol. The number of carbonyl (C=O) groups is 2. The van der Waals surface area contributed by atoms with E-state index in [4.69, 9.17) is 4.74 Å². The quantitative estimate of drug-likeness (QED) is 0.796. The Labute approximate surface area is 159 Å². The molecule has 6 nitrogen and oxygen atoms in total. The summed E-state index contributed by atoms with van der Waals surface area (Å²) in [5.41, 5.74) is 2.40. The number of hydrogen-bond donors (Lipinski definition) is 1. The van der Waals surface area contributed by atoms with E-state index < -0.39 is 0 Å². The number of carbonyl (C=O) groups excluding carboxylic acids is 2. The van der Waals surface area contributed by atoms with Crippen molar-refractivity contribution in [1.82, 2.24) is 15.2 Å². The average Bonchev–Trinajstić information content (AvgIpc) is 2.74. The lowest BCUT2D eigenvalue weighted by molar-refractivity contribution is -0.126. The van der Waals surface area contributed by atoms with E-state index in [-0.39, 0.29) is 17.7 Å². The fourth-order valence-electron chi connectivity index (χ4n) is 3.28.